The van der Waals surface area contributed by atoms with Crippen LogP contribution in [-0.4, -0.2) is 22.2 Å². The zero-order chi connectivity index (χ0) is 15.4. The van der Waals surface area contributed by atoms with E-state index in [1.807, 2.05) is 6.92 Å². The summed E-state index contributed by atoms with van der Waals surface area (Å²) in [4.78, 5) is 12.2. The third-order valence-corrected chi connectivity index (χ3v) is 3.20. The van der Waals surface area contributed by atoms with Crippen LogP contribution in [0.5, 0.6) is 5.75 Å². The number of anilines is 1. The third-order valence-electron chi connectivity index (χ3n) is 2.99. The molecule has 0 saturated carbocycles. The van der Waals surface area contributed by atoms with Gasteiger partial charge in [-0.15, -0.1) is 0 Å². The zero-order valence-corrected chi connectivity index (χ0v) is 12.6. The molecular formula is C15H17ClN2O3. The number of aliphatic hydroxyl groups excluding tert-OH is 1. The Morgan fingerprint density at radius 3 is 2.76 bits per heavy atom. The van der Waals surface area contributed by atoms with Crippen molar-refractivity contribution in [2.24, 2.45) is 7.05 Å². The molecule has 2 rings (SSSR count). The Morgan fingerprint density at radius 2 is 2.19 bits per heavy atom. The second-order valence-corrected chi connectivity index (χ2v) is 4.96. The number of nitrogens with one attached hydrogen (secondary N) is 1. The molecule has 0 saturated heterocycles. The molecule has 2 N–H and O–H groups in total. The van der Waals surface area contributed by atoms with Crippen molar-refractivity contribution in [3.05, 3.63) is 46.7 Å². The van der Waals surface area contributed by atoms with Crippen LogP contribution in [0.15, 0.2) is 30.5 Å². The Balaban J connectivity index is 2.19. The molecule has 0 radical (unpaired) electrons. The molecule has 1 amide bonds. The van der Waals surface area contributed by atoms with Gasteiger partial charge in [0, 0.05) is 24.5 Å². The number of aliphatic hydroxyl groups is 1. The molecule has 5 nitrogen and oxygen atoms in total. The average molecular weight is 309 g/mol. The van der Waals surface area contributed by atoms with Crippen molar-refractivity contribution in [1.29, 1.82) is 0 Å². The minimum atomic E-state index is -0.266. The van der Waals surface area contributed by atoms with Crippen LogP contribution in [0.1, 0.15) is 23.0 Å². The van der Waals surface area contributed by atoms with Crippen molar-refractivity contribution in [3.63, 3.8) is 0 Å². The highest BCUT2D eigenvalue weighted by atomic mass is 35.5. The van der Waals surface area contributed by atoms with Gasteiger partial charge in [-0.2, -0.15) is 0 Å². The lowest BCUT2D eigenvalue weighted by Gasteiger charge is -2.11. The van der Waals surface area contributed by atoms with Crippen LogP contribution in [0.4, 0.5) is 5.69 Å². The lowest BCUT2D eigenvalue weighted by atomic mass is 10.2. The number of ether oxygens (including phenoxy) is 1. The second-order valence-electron chi connectivity index (χ2n) is 4.52. The molecule has 0 atom stereocenters. The van der Waals surface area contributed by atoms with Gasteiger partial charge in [-0.05, 0) is 31.2 Å². The molecule has 0 aliphatic carbocycles. The Morgan fingerprint density at radius 1 is 1.43 bits per heavy atom. The quantitative estimate of drug-likeness (QED) is 0.892. The van der Waals surface area contributed by atoms with Gasteiger partial charge in [-0.1, -0.05) is 11.6 Å². The van der Waals surface area contributed by atoms with Gasteiger partial charge >= 0.3 is 0 Å². The van der Waals surface area contributed by atoms with Crippen LogP contribution < -0.4 is 10.1 Å². The molecule has 0 aliphatic rings. The number of hydrogen-bond donors (Lipinski definition) is 2. The molecule has 1 heterocycles. The molecule has 2 aromatic rings. The van der Waals surface area contributed by atoms with Crippen LogP contribution in [-0.2, 0) is 13.7 Å². The number of carbonyl (C=O) groups is 1. The van der Waals surface area contributed by atoms with E-state index in [0.29, 0.717) is 34.3 Å². The van der Waals surface area contributed by atoms with Crippen molar-refractivity contribution in [2.45, 2.75) is 13.5 Å². The largest absolute Gasteiger partial charge is 0.494 e. The summed E-state index contributed by atoms with van der Waals surface area (Å²) in [6.07, 6.45) is 1.66. The van der Waals surface area contributed by atoms with Gasteiger partial charge in [0.15, 0.2) is 0 Å². The Hall–Kier alpha value is -1.98. The van der Waals surface area contributed by atoms with Crippen LogP contribution in [0.2, 0.25) is 5.02 Å². The maximum absolute atomic E-state index is 12.2. The lowest BCUT2D eigenvalue weighted by molar-refractivity contribution is 0.101. The minimum Gasteiger partial charge on any atom is -0.494 e. The summed E-state index contributed by atoms with van der Waals surface area (Å²) in [7, 11) is 1.75. The smallest absolute Gasteiger partial charge is 0.272 e. The van der Waals surface area contributed by atoms with Crippen LogP contribution in [0, 0.1) is 0 Å². The molecule has 0 unspecified atom stereocenters. The predicted octanol–water partition coefficient (Wildman–Crippen LogP) is 2.82. The van der Waals surface area contributed by atoms with Gasteiger partial charge in [0.25, 0.3) is 5.91 Å². The van der Waals surface area contributed by atoms with Crippen LogP contribution in [0.3, 0.4) is 0 Å². The van der Waals surface area contributed by atoms with Gasteiger partial charge in [-0.25, -0.2) is 0 Å². The minimum absolute atomic E-state index is 0.158. The highest BCUT2D eigenvalue weighted by Gasteiger charge is 2.12. The molecule has 0 bridgehead atoms. The number of rotatable bonds is 5. The first-order valence-electron chi connectivity index (χ1n) is 6.55. The molecule has 1 aromatic carbocycles. The zero-order valence-electron chi connectivity index (χ0n) is 11.9. The molecule has 21 heavy (non-hydrogen) atoms. The Labute approximate surface area is 128 Å². The average Bonchev–Trinajstić information content (AvgIpc) is 2.79. The number of nitrogens with zero attached hydrogens (tertiary/aromatic N) is 1. The van der Waals surface area contributed by atoms with Gasteiger partial charge in [0.2, 0.25) is 0 Å². The maximum Gasteiger partial charge on any atom is 0.272 e. The summed E-state index contributed by atoms with van der Waals surface area (Å²) in [6.45, 7) is 2.23. The summed E-state index contributed by atoms with van der Waals surface area (Å²) in [5, 5.41) is 12.6. The van der Waals surface area contributed by atoms with E-state index in [0.717, 1.165) is 0 Å². The number of amides is 1. The second kappa shape index (κ2) is 6.65. The molecule has 0 aliphatic heterocycles. The highest BCUT2D eigenvalue weighted by molar-refractivity contribution is 6.31. The van der Waals surface area contributed by atoms with E-state index < -0.39 is 0 Å². The maximum atomic E-state index is 12.2. The van der Waals surface area contributed by atoms with Crippen molar-refractivity contribution < 1.29 is 14.6 Å². The van der Waals surface area contributed by atoms with E-state index in [9.17, 15) is 9.90 Å². The van der Waals surface area contributed by atoms with E-state index >= 15 is 0 Å². The third kappa shape index (κ3) is 3.56. The molecular weight excluding hydrogens is 292 g/mol. The fourth-order valence-corrected chi connectivity index (χ4v) is 2.27. The summed E-state index contributed by atoms with van der Waals surface area (Å²) >= 11 is 5.87. The van der Waals surface area contributed by atoms with Crippen molar-refractivity contribution >= 4 is 23.2 Å². The van der Waals surface area contributed by atoms with E-state index in [1.165, 1.54) is 0 Å². The monoisotopic (exact) mass is 308 g/mol. The van der Waals surface area contributed by atoms with Crippen molar-refractivity contribution in [2.75, 3.05) is 11.9 Å². The van der Waals surface area contributed by atoms with E-state index in [2.05, 4.69) is 5.32 Å². The van der Waals surface area contributed by atoms with Crippen molar-refractivity contribution in [1.82, 2.24) is 4.57 Å². The summed E-state index contributed by atoms with van der Waals surface area (Å²) in [5.74, 6) is 0.345. The number of halogens is 1. The van der Waals surface area contributed by atoms with Gasteiger partial charge in [0.05, 0.1) is 18.2 Å². The first kappa shape index (κ1) is 15.4. The number of aromatic nitrogens is 1. The fraction of sp³-hybridized carbons (Fsp3) is 0.267. The van der Waals surface area contributed by atoms with Gasteiger partial charge in [-0.3, -0.25) is 4.79 Å². The SMILES string of the molecule is CCOc1ccc(NC(=O)c2cc(Cl)cn2C)cc1CO. The first-order chi connectivity index (χ1) is 10.0. The molecule has 6 heteroatoms. The Kier molecular flexibility index (Phi) is 4.88. The fourth-order valence-electron chi connectivity index (χ4n) is 2.02. The summed E-state index contributed by atoms with van der Waals surface area (Å²) in [5.41, 5.74) is 1.67. The van der Waals surface area contributed by atoms with Crippen molar-refractivity contribution in [3.8, 4) is 5.75 Å². The predicted molar refractivity (Wildman–Crippen MR) is 81.9 cm³/mol. The normalized spacial score (nSPS) is 10.5. The first-order valence-corrected chi connectivity index (χ1v) is 6.92. The number of aryl methyl sites for hydroxylation is 1. The summed E-state index contributed by atoms with van der Waals surface area (Å²) < 4.78 is 7.05. The standard InChI is InChI=1S/C15H17ClN2O3/c1-3-21-14-5-4-12(6-10(14)9-19)17-15(20)13-7-11(16)8-18(13)2/h4-8,19H,3,9H2,1-2H3,(H,17,20). The molecule has 112 valence electrons. The molecule has 0 fully saturated rings. The van der Waals surface area contributed by atoms with Gasteiger partial charge < -0.3 is 19.7 Å². The van der Waals surface area contributed by atoms with E-state index in [1.54, 1.807) is 42.1 Å². The number of benzene rings is 1. The lowest BCUT2D eigenvalue weighted by Crippen LogP contribution is -2.15. The number of hydrogen-bond acceptors (Lipinski definition) is 3. The molecule has 1 aromatic heterocycles. The van der Waals surface area contributed by atoms with Crippen LogP contribution >= 0.6 is 11.6 Å². The highest BCUT2D eigenvalue weighted by Crippen LogP contribution is 2.23. The van der Waals surface area contributed by atoms with Gasteiger partial charge in [0.1, 0.15) is 11.4 Å². The Bertz CT molecular complexity index is 652. The van der Waals surface area contributed by atoms with E-state index in [4.69, 9.17) is 16.3 Å². The van der Waals surface area contributed by atoms with Crippen LogP contribution in [0.25, 0.3) is 0 Å². The number of carbonyl (C=O) groups excluding carboxylic acids is 1. The van der Waals surface area contributed by atoms with E-state index in [-0.39, 0.29) is 12.5 Å². The topological polar surface area (TPSA) is 63.5 Å². The molecule has 0 spiro atoms. The summed E-state index contributed by atoms with van der Waals surface area (Å²) in [6, 6.07) is 6.74.